The molecule has 2 rings (SSSR count). The van der Waals surface area contributed by atoms with Crippen LogP contribution in [0.15, 0.2) is 54.6 Å². The van der Waals surface area contributed by atoms with Crippen LogP contribution in [-0.4, -0.2) is 49.3 Å². The van der Waals surface area contributed by atoms with Gasteiger partial charge in [-0.3, -0.25) is 4.79 Å². The van der Waals surface area contributed by atoms with Crippen molar-refractivity contribution in [2.45, 2.75) is 19.4 Å². The zero-order valence-electron chi connectivity index (χ0n) is 15.9. The SMILES string of the molecule is CN(CCCC(=O)c1ccc(F)cc1)CCN(C)Cc1ccccc1.Cl.Cl. The van der Waals surface area contributed by atoms with E-state index < -0.39 is 0 Å². The van der Waals surface area contributed by atoms with Crippen molar-refractivity contribution in [1.29, 1.82) is 0 Å². The lowest BCUT2D eigenvalue weighted by Gasteiger charge is -2.22. The number of rotatable bonds is 10. The molecule has 2 aromatic rings. The maximum Gasteiger partial charge on any atom is 0.162 e. The Kier molecular flexibility index (Phi) is 12.9. The van der Waals surface area contributed by atoms with Crippen molar-refractivity contribution in [3.05, 3.63) is 71.5 Å². The first-order valence-corrected chi connectivity index (χ1v) is 8.74. The molecule has 0 saturated heterocycles. The number of carbonyl (C=O) groups is 1. The zero-order valence-corrected chi connectivity index (χ0v) is 17.6. The molecule has 0 amide bonds. The minimum absolute atomic E-state index is 0. The van der Waals surface area contributed by atoms with Crippen LogP contribution in [0.25, 0.3) is 0 Å². The van der Waals surface area contributed by atoms with E-state index in [1.165, 1.54) is 17.7 Å². The minimum atomic E-state index is -0.309. The molecule has 27 heavy (non-hydrogen) atoms. The Morgan fingerprint density at radius 1 is 0.852 bits per heavy atom. The standard InChI is InChI=1S/C21H27FN2O.2ClH/c1-23(15-16-24(2)17-18-7-4-3-5-8-18)14-6-9-21(25)19-10-12-20(22)13-11-19;;/h3-5,7-8,10-13H,6,9,14-17H2,1-2H3;2*1H. The van der Waals surface area contributed by atoms with E-state index in [0.29, 0.717) is 12.0 Å². The Morgan fingerprint density at radius 3 is 2.07 bits per heavy atom. The molecule has 0 heterocycles. The van der Waals surface area contributed by atoms with E-state index in [9.17, 15) is 9.18 Å². The highest BCUT2D eigenvalue weighted by Gasteiger charge is 2.07. The third-order valence-electron chi connectivity index (χ3n) is 4.27. The van der Waals surface area contributed by atoms with Gasteiger partial charge < -0.3 is 9.80 Å². The number of hydrogen-bond donors (Lipinski definition) is 0. The van der Waals surface area contributed by atoms with Crippen LogP contribution in [0.4, 0.5) is 4.39 Å². The van der Waals surface area contributed by atoms with Gasteiger partial charge in [0.25, 0.3) is 0 Å². The predicted octanol–water partition coefficient (Wildman–Crippen LogP) is 4.70. The topological polar surface area (TPSA) is 23.6 Å². The molecule has 0 aliphatic carbocycles. The van der Waals surface area contributed by atoms with Gasteiger partial charge in [0, 0.05) is 31.6 Å². The van der Waals surface area contributed by atoms with Gasteiger partial charge in [-0.25, -0.2) is 4.39 Å². The van der Waals surface area contributed by atoms with Crippen molar-refractivity contribution >= 4 is 30.6 Å². The molecule has 0 saturated carbocycles. The molecule has 0 aliphatic rings. The molecule has 0 aliphatic heterocycles. The summed E-state index contributed by atoms with van der Waals surface area (Å²) < 4.78 is 12.9. The zero-order chi connectivity index (χ0) is 18.1. The quantitative estimate of drug-likeness (QED) is 0.526. The van der Waals surface area contributed by atoms with Crippen molar-refractivity contribution in [1.82, 2.24) is 9.80 Å². The van der Waals surface area contributed by atoms with Crippen molar-refractivity contribution in [2.24, 2.45) is 0 Å². The molecule has 0 N–H and O–H groups in total. The molecule has 0 bridgehead atoms. The number of nitrogens with zero attached hydrogens (tertiary/aromatic N) is 2. The Hall–Kier alpha value is -1.46. The van der Waals surface area contributed by atoms with Gasteiger partial charge in [0.2, 0.25) is 0 Å². The summed E-state index contributed by atoms with van der Waals surface area (Å²) in [5.41, 5.74) is 1.91. The lowest BCUT2D eigenvalue weighted by atomic mass is 10.1. The number of benzene rings is 2. The van der Waals surface area contributed by atoms with Crippen LogP contribution in [-0.2, 0) is 6.54 Å². The van der Waals surface area contributed by atoms with Crippen LogP contribution >= 0.6 is 24.8 Å². The van der Waals surface area contributed by atoms with E-state index in [-0.39, 0.29) is 36.4 Å². The second-order valence-electron chi connectivity index (χ2n) is 6.56. The third kappa shape index (κ3) is 9.87. The second kappa shape index (κ2) is 13.7. The maximum absolute atomic E-state index is 12.9. The molecule has 3 nitrogen and oxygen atoms in total. The highest BCUT2D eigenvalue weighted by Crippen LogP contribution is 2.08. The lowest BCUT2D eigenvalue weighted by molar-refractivity contribution is 0.0975. The second-order valence-corrected chi connectivity index (χ2v) is 6.56. The molecule has 0 aromatic heterocycles. The number of carbonyl (C=O) groups excluding carboxylic acids is 1. The first kappa shape index (κ1) is 25.5. The van der Waals surface area contributed by atoms with E-state index in [0.717, 1.165) is 32.6 Å². The summed E-state index contributed by atoms with van der Waals surface area (Å²) in [5.74, 6) is -0.231. The number of Topliss-reactive ketones (excluding diaryl/α,β-unsaturated/α-hetero) is 1. The fourth-order valence-corrected chi connectivity index (χ4v) is 2.72. The van der Waals surface area contributed by atoms with Crippen LogP contribution in [0.1, 0.15) is 28.8 Å². The molecule has 0 unspecified atom stereocenters. The number of likely N-dealkylation sites (N-methyl/N-ethyl adjacent to an activating group) is 2. The normalized spacial score (nSPS) is 10.4. The van der Waals surface area contributed by atoms with Gasteiger partial charge in [-0.1, -0.05) is 30.3 Å². The van der Waals surface area contributed by atoms with Crippen molar-refractivity contribution < 1.29 is 9.18 Å². The van der Waals surface area contributed by atoms with Gasteiger partial charge in [0.15, 0.2) is 5.78 Å². The molecule has 0 radical (unpaired) electrons. The highest BCUT2D eigenvalue weighted by molar-refractivity contribution is 5.95. The lowest BCUT2D eigenvalue weighted by Crippen LogP contribution is -2.31. The first-order chi connectivity index (χ1) is 12.0. The molecule has 0 atom stereocenters. The first-order valence-electron chi connectivity index (χ1n) is 8.74. The van der Waals surface area contributed by atoms with Crippen LogP contribution in [0.3, 0.4) is 0 Å². The van der Waals surface area contributed by atoms with E-state index >= 15 is 0 Å². The molecule has 150 valence electrons. The predicted molar refractivity (Wildman–Crippen MR) is 115 cm³/mol. The summed E-state index contributed by atoms with van der Waals surface area (Å²) >= 11 is 0. The molecular formula is C21H29Cl2FN2O. The van der Waals surface area contributed by atoms with E-state index in [1.54, 1.807) is 12.1 Å². The average molecular weight is 415 g/mol. The van der Waals surface area contributed by atoms with Gasteiger partial charge in [-0.2, -0.15) is 0 Å². The monoisotopic (exact) mass is 414 g/mol. The Balaban J connectivity index is 0.00000338. The average Bonchev–Trinajstić information content (AvgIpc) is 2.61. The Labute approximate surface area is 174 Å². The van der Waals surface area contributed by atoms with Crippen molar-refractivity contribution in [3.63, 3.8) is 0 Å². The van der Waals surface area contributed by atoms with E-state index in [2.05, 4.69) is 48.2 Å². The minimum Gasteiger partial charge on any atom is -0.305 e. The van der Waals surface area contributed by atoms with Crippen LogP contribution in [0.2, 0.25) is 0 Å². The number of hydrogen-bond acceptors (Lipinski definition) is 3. The van der Waals surface area contributed by atoms with Crippen LogP contribution in [0, 0.1) is 5.82 Å². The number of ketones is 1. The summed E-state index contributed by atoms with van der Waals surface area (Å²) in [6.45, 7) is 3.77. The Bertz CT molecular complexity index is 653. The fraction of sp³-hybridized carbons (Fsp3) is 0.381. The number of halogens is 3. The molecular weight excluding hydrogens is 386 g/mol. The molecule has 2 aromatic carbocycles. The van der Waals surface area contributed by atoms with Crippen molar-refractivity contribution in [3.8, 4) is 0 Å². The van der Waals surface area contributed by atoms with Gasteiger partial charge in [-0.15, -0.1) is 24.8 Å². The van der Waals surface area contributed by atoms with Gasteiger partial charge in [0.1, 0.15) is 5.82 Å². The Morgan fingerprint density at radius 2 is 1.44 bits per heavy atom. The molecule has 0 spiro atoms. The fourth-order valence-electron chi connectivity index (χ4n) is 2.72. The van der Waals surface area contributed by atoms with Gasteiger partial charge in [-0.05, 0) is 56.9 Å². The summed E-state index contributed by atoms with van der Waals surface area (Å²) in [5, 5.41) is 0. The van der Waals surface area contributed by atoms with Gasteiger partial charge >= 0.3 is 0 Å². The van der Waals surface area contributed by atoms with Gasteiger partial charge in [0.05, 0.1) is 0 Å². The van der Waals surface area contributed by atoms with E-state index in [4.69, 9.17) is 0 Å². The maximum atomic E-state index is 12.9. The largest absolute Gasteiger partial charge is 0.305 e. The summed E-state index contributed by atoms with van der Waals surface area (Å²) in [4.78, 5) is 16.6. The van der Waals surface area contributed by atoms with E-state index in [1.807, 2.05) is 6.07 Å². The van der Waals surface area contributed by atoms with Crippen molar-refractivity contribution in [2.75, 3.05) is 33.7 Å². The third-order valence-corrected chi connectivity index (χ3v) is 4.27. The smallest absolute Gasteiger partial charge is 0.162 e. The summed E-state index contributed by atoms with van der Waals surface area (Å²) in [6, 6.07) is 16.2. The summed E-state index contributed by atoms with van der Waals surface area (Å²) in [6.07, 6.45) is 1.31. The van der Waals surface area contributed by atoms with Crippen LogP contribution in [0.5, 0.6) is 0 Å². The molecule has 0 fully saturated rings. The molecule has 6 heteroatoms. The summed E-state index contributed by atoms with van der Waals surface area (Å²) in [7, 11) is 4.21. The van der Waals surface area contributed by atoms with Crippen LogP contribution < -0.4 is 0 Å². The highest BCUT2D eigenvalue weighted by atomic mass is 35.5.